The third-order valence-electron chi connectivity index (χ3n) is 5.73. The van der Waals surface area contributed by atoms with Crippen molar-refractivity contribution >= 4 is 11.8 Å². The third-order valence-corrected chi connectivity index (χ3v) is 5.73. The fourth-order valence-corrected chi connectivity index (χ4v) is 3.58. The summed E-state index contributed by atoms with van der Waals surface area (Å²) in [5, 5.41) is 16.6. The van der Waals surface area contributed by atoms with Crippen LogP contribution in [0, 0.1) is 0 Å². The molecule has 2 amide bonds. The summed E-state index contributed by atoms with van der Waals surface area (Å²) in [6.07, 6.45) is 9.89. The van der Waals surface area contributed by atoms with Crippen molar-refractivity contribution in [1.29, 1.82) is 0 Å². The number of aryl methyl sites for hydroxylation is 2. The highest BCUT2D eigenvalue weighted by Crippen LogP contribution is 2.12. The van der Waals surface area contributed by atoms with Gasteiger partial charge in [0, 0.05) is 11.1 Å². The van der Waals surface area contributed by atoms with Crippen LogP contribution in [0.15, 0.2) is 60.9 Å². The van der Waals surface area contributed by atoms with Gasteiger partial charge >= 0.3 is 0 Å². The number of unbranched alkanes of at least 4 members (excludes halogenated alkanes) is 2. The molecular weight excluding hydrogens is 456 g/mol. The van der Waals surface area contributed by atoms with Crippen molar-refractivity contribution in [2.24, 2.45) is 0 Å². The van der Waals surface area contributed by atoms with E-state index in [0.717, 1.165) is 61.3 Å². The Morgan fingerprint density at radius 1 is 0.667 bits per heavy atom. The zero-order valence-electron chi connectivity index (χ0n) is 20.5. The van der Waals surface area contributed by atoms with Gasteiger partial charge < -0.3 is 0 Å². The van der Waals surface area contributed by atoms with Crippen LogP contribution in [0.3, 0.4) is 0 Å². The number of benzene rings is 2. The minimum absolute atomic E-state index is 0.408. The van der Waals surface area contributed by atoms with Crippen LogP contribution < -0.4 is 10.9 Å². The standard InChI is InChI=1S/C26H30N8O2/c1-3-5-7-21-17-33(31-27-21)23-13-9-19(10-14-23)25(35)29-30-26(36)20-11-15-24(16-12-20)34-18-22(28-32-34)8-6-4-2/h9-18H,3-8H2,1-2H3,(H,29,35)(H,30,36). The number of nitrogens with one attached hydrogen (secondary N) is 2. The third kappa shape index (κ3) is 6.21. The Balaban J connectivity index is 1.30. The van der Waals surface area contributed by atoms with E-state index in [-0.39, 0.29) is 0 Å². The highest BCUT2D eigenvalue weighted by Gasteiger charge is 2.11. The molecule has 0 aliphatic rings. The van der Waals surface area contributed by atoms with Gasteiger partial charge in [-0.05, 0) is 74.2 Å². The van der Waals surface area contributed by atoms with Crippen molar-refractivity contribution in [3.63, 3.8) is 0 Å². The molecule has 2 N–H and O–H groups in total. The molecule has 0 saturated carbocycles. The number of hydrazine groups is 1. The molecule has 36 heavy (non-hydrogen) atoms. The van der Waals surface area contributed by atoms with Crippen LogP contribution in [0.4, 0.5) is 0 Å². The molecule has 4 rings (SSSR count). The number of carbonyl (C=O) groups is 2. The van der Waals surface area contributed by atoms with Crippen molar-refractivity contribution in [1.82, 2.24) is 40.8 Å². The van der Waals surface area contributed by atoms with Gasteiger partial charge in [0.25, 0.3) is 11.8 Å². The highest BCUT2D eigenvalue weighted by molar-refractivity contribution is 5.99. The zero-order valence-corrected chi connectivity index (χ0v) is 20.5. The van der Waals surface area contributed by atoms with E-state index in [1.54, 1.807) is 57.9 Å². The lowest BCUT2D eigenvalue weighted by atomic mass is 10.2. The second-order valence-electron chi connectivity index (χ2n) is 8.52. The summed E-state index contributed by atoms with van der Waals surface area (Å²) in [6.45, 7) is 4.27. The van der Waals surface area contributed by atoms with E-state index in [1.165, 1.54) is 0 Å². The van der Waals surface area contributed by atoms with Gasteiger partial charge in [0.15, 0.2) is 0 Å². The summed E-state index contributed by atoms with van der Waals surface area (Å²) in [4.78, 5) is 25.0. The summed E-state index contributed by atoms with van der Waals surface area (Å²) < 4.78 is 3.37. The Kier molecular flexibility index (Phi) is 8.17. The molecule has 2 aromatic carbocycles. The molecule has 0 unspecified atom stereocenters. The van der Waals surface area contributed by atoms with Gasteiger partial charge in [0.1, 0.15) is 0 Å². The number of rotatable bonds is 10. The maximum atomic E-state index is 12.5. The van der Waals surface area contributed by atoms with E-state index in [1.807, 2.05) is 12.4 Å². The molecule has 186 valence electrons. The van der Waals surface area contributed by atoms with Gasteiger partial charge in [0.05, 0.1) is 35.2 Å². The van der Waals surface area contributed by atoms with Gasteiger partial charge in [-0.1, -0.05) is 37.1 Å². The Labute approximate surface area is 209 Å². The van der Waals surface area contributed by atoms with Crippen LogP contribution in [0.25, 0.3) is 11.4 Å². The highest BCUT2D eigenvalue weighted by atomic mass is 16.2. The fourth-order valence-electron chi connectivity index (χ4n) is 3.58. The van der Waals surface area contributed by atoms with Crippen LogP contribution in [0.5, 0.6) is 0 Å². The average molecular weight is 487 g/mol. The minimum Gasteiger partial charge on any atom is -0.267 e. The first-order valence-corrected chi connectivity index (χ1v) is 12.2. The molecule has 4 aromatic rings. The van der Waals surface area contributed by atoms with Crippen LogP contribution in [0.2, 0.25) is 0 Å². The van der Waals surface area contributed by atoms with Gasteiger partial charge in [-0.2, -0.15) is 0 Å². The molecule has 0 fully saturated rings. The number of carbonyl (C=O) groups excluding carboxylic acids is 2. The number of aromatic nitrogens is 6. The van der Waals surface area contributed by atoms with Crippen molar-refractivity contribution in [2.75, 3.05) is 0 Å². The molecule has 10 nitrogen and oxygen atoms in total. The van der Waals surface area contributed by atoms with Crippen LogP contribution in [-0.2, 0) is 12.8 Å². The van der Waals surface area contributed by atoms with E-state index in [4.69, 9.17) is 0 Å². The van der Waals surface area contributed by atoms with Crippen molar-refractivity contribution in [2.45, 2.75) is 52.4 Å². The van der Waals surface area contributed by atoms with Gasteiger partial charge in [-0.3, -0.25) is 20.4 Å². The van der Waals surface area contributed by atoms with Crippen molar-refractivity contribution < 1.29 is 9.59 Å². The van der Waals surface area contributed by atoms with Gasteiger partial charge in [0.2, 0.25) is 0 Å². The minimum atomic E-state index is -0.420. The van der Waals surface area contributed by atoms with E-state index >= 15 is 0 Å². The lowest BCUT2D eigenvalue weighted by molar-refractivity contribution is 0.0846. The summed E-state index contributed by atoms with van der Waals surface area (Å²) in [5.41, 5.74) is 9.20. The lowest BCUT2D eigenvalue weighted by Crippen LogP contribution is -2.41. The van der Waals surface area contributed by atoms with E-state index in [9.17, 15) is 9.59 Å². The average Bonchev–Trinajstić information content (AvgIpc) is 3.59. The molecule has 0 atom stereocenters. The number of nitrogens with zero attached hydrogens (tertiary/aromatic N) is 6. The topological polar surface area (TPSA) is 120 Å². The molecule has 0 spiro atoms. The first-order chi connectivity index (χ1) is 17.6. The van der Waals surface area contributed by atoms with Crippen LogP contribution >= 0.6 is 0 Å². The molecule has 10 heteroatoms. The van der Waals surface area contributed by atoms with Gasteiger partial charge in [-0.25, -0.2) is 9.36 Å². The van der Waals surface area contributed by atoms with E-state index < -0.39 is 11.8 Å². The summed E-state index contributed by atoms with van der Waals surface area (Å²) in [6, 6.07) is 13.8. The largest absolute Gasteiger partial charge is 0.269 e. The number of amides is 2. The van der Waals surface area contributed by atoms with E-state index in [0.29, 0.717) is 11.1 Å². The SMILES string of the molecule is CCCCc1cn(-c2ccc(C(=O)NNC(=O)c3ccc(-n4cc(CCCC)nn4)cc3)cc2)nn1. The predicted molar refractivity (Wildman–Crippen MR) is 135 cm³/mol. The summed E-state index contributed by atoms with van der Waals surface area (Å²) >= 11 is 0. The Bertz CT molecular complexity index is 1190. The quantitative estimate of drug-likeness (QED) is 0.331. The fraction of sp³-hybridized carbons (Fsp3) is 0.308. The van der Waals surface area contributed by atoms with Gasteiger partial charge in [-0.15, -0.1) is 10.2 Å². The normalized spacial score (nSPS) is 10.8. The first-order valence-electron chi connectivity index (χ1n) is 12.2. The molecule has 2 heterocycles. The predicted octanol–water partition coefficient (Wildman–Crippen LogP) is 3.61. The summed E-state index contributed by atoms with van der Waals surface area (Å²) in [7, 11) is 0. The molecule has 0 aliphatic heterocycles. The Morgan fingerprint density at radius 3 is 1.42 bits per heavy atom. The molecule has 2 aromatic heterocycles. The Morgan fingerprint density at radius 2 is 1.06 bits per heavy atom. The molecule has 0 aliphatic carbocycles. The molecule has 0 radical (unpaired) electrons. The zero-order chi connectivity index (χ0) is 25.3. The maximum absolute atomic E-state index is 12.5. The number of hydrogen-bond acceptors (Lipinski definition) is 6. The Hall–Kier alpha value is -4.34. The smallest absolute Gasteiger partial charge is 0.267 e. The molecule has 0 saturated heterocycles. The molecular formula is C26H30N8O2. The maximum Gasteiger partial charge on any atom is 0.269 e. The second kappa shape index (κ2) is 11.9. The van der Waals surface area contributed by atoms with E-state index in [2.05, 4.69) is 45.3 Å². The van der Waals surface area contributed by atoms with Crippen LogP contribution in [0.1, 0.15) is 71.6 Å². The monoisotopic (exact) mass is 486 g/mol. The lowest BCUT2D eigenvalue weighted by Gasteiger charge is -2.09. The first kappa shape index (κ1) is 24.8. The second-order valence-corrected chi connectivity index (χ2v) is 8.52. The molecule has 0 bridgehead atoms. The van der Waals surface area contributed by atoms with Crippen LogP contribution in [-0.4, -0.2) is 41.8 Å². The number of hydrogen-bond donors (Lipinski definition) is 2. The van der Waals surface area contributed by atoms with Crippen molar-refractivity contribution in [3.05, 3.63) is 83.4 Å². The van der Waals surface area contributed by atoms with Crippen molar-refractivity contribution in [3.8, 4) is 11.4 Å². The summed E-state index contributed by atoms with van der Waals surface area (Å²) in [5.74, 6) is -0.841.